The Balaban J connectivity index is 2.39. The van der Waals surface area contributed by atoms with Gasteiger partial charge in [-0.05, 0) is 24.6 Å². The van der Waals surface area contributed by atoms with Gasteiger partial charge < -0.3 is 0 Å². The summed E-state index contributed by atoms with van der Waals surface area (Å²) in [4.78, 5) is 0. The fraction of sp³-hybridized carbons (Fsp3) is 0.0833. The molecule has 0 radical (unpaired) electrons. The molecule has 2 rings (SSSR count). The smallest absolute Gasteiger partial charge is 0.0645 e. The summed E-state index contributed by atoms with van der Waals surface area (Å²) in [5, 5.41) is 4.26. The van der Waals surface area contributed by atoms with E-state index in [4.69, 9.17) is 0 Å². The first-order valence-corrected chi connectivity index (χ1v) is 4.53. The van der Waals surface area contributed by atoms with Crippen molar-refractivity contribution in [2.24, 2.45) is 0 Å². The number of hydrogen-bond acceptors (Lipinski definition) is 1. The molecule has 0 fully saturated rings. The first-order valence-electron chi connectivity index (χ1n) is 4.53. The minimum absolute atomic E-state index is 1.03. The Morgan fingerprint density at radius 3 is 2.57 bits per heavy atom. The summed E-state index contributed by atoms with van der Waals surface area (Å²) in [6.45, 7) is 5.86. The highest BCUT2D eigenvalue weighted by molar-refractivity contribution is 5.60. The van der Waals surface area contributed by atoms with Crippen molar-refractivity contribution in [1.82, 2.24) is 9.78 Å². The predicted octanol–water partition coefficient (Wildman–Crippen LogP) is 2.91. The van der Waals surface area contributed by atoms with Gasteiger partial charge in [-0.2, -0.15) is 5.10 Å². The second-order valence-corrected chi connectivity index (χ2v) is 3.29. The lowest BCUT2D eigenvalue weighted by Crippen LogP contribution is -1.92. The Kier molecular flexibility index (Phi) is 2.19. The van der Waals surface area contributed by atoms with Crippen LogP contribution in [0, 0.1) is 0 Å². The molecule has 0 saturated heterocycles. The van der Waals surface area contributed by atoms with E-state index < -0.39 is 0 Å². The fourth-order valence-corrected chi connectivity index (χ4v) is 1.27. The minimum atomic E-state index is 1.03. The summed E-state index contributed by atoms with van der Waals surface area (Å²) < 4.78 is 1.85. The molecule has 0 spiro atoms. The molecule has 14 heavy (non-hydrogen) atoms. The summed E-state index contributed by atoms with van der Waals surface area (Å²) in [7, 11) is 0. The van der Waals surface area contributed by atoms with Crippen LogP contribution >= 0.6 is 0 Å². The van der Waals surface area contributed by atoms with Crippen LogP contribution in [-0.4, -0.2) is 9.78 Å². The Labute approximate surface area is 83.5 Å². The standard InChI is InChI=1S/C12H12N2/c1-10(2)11-8-13-14(9-11)12-6-4-3-5-7-12/h3-9H,1H2,2H3. The number of rotatable bonds is 2. The molecule has 2 heteroatoms. The van der Waals surface area contributed by atoms with Crippen molar-refractivity contribution in [3.63, 3.8) is 0 Å². The van der Waals surface area contributed by atoms with Crippen molar-refractivity contribution in [3.05, 3.63) is 54.9 Å². The van der Waals surface area contributed by atoms with Crippen LogP contribution in [0.2, 0.25) is 0 Å². The molecule has 1 aromatic carbocycles. The van der Waals surface area contributed by atoms with E-state index in [9.17, 15) is 0 Å². The molecule has 1 heterocycles. The molecule has 2 nitrogen and oxygen atoms in total. The first kappa shape index (κ1) is 8.75. The summed E-state index contributed by atoms with van der Waals surface area (Å²) in [5.41, 5.74) is 3.18. The van der Waals surface area contributed by atoms with Crippen LogP contribution in [0.25, 0.3) is 11.3 Å². The van der Waals surface area contributed by atoms with E-state index in [1.54, 1.807) is 0 Å². The quantitative estimate of drug-likeness (QED) is 0.701. The maximum Gasteiger partial charge on any atom is 0.0645 e. The monoisotopic (exact) mass is 184 g/mol. The van der Waals surface area contributed by atoms with Gasteiger partial charge in [-0.3, -0.25) is 0 Å². The fourth-order valence-electron chi connectivity index (χ4n) is 1.27. The second kappa shape index (κ2) is 3.50. The van der Waals surface area contributed by atoms with Gasteiger partial charge in [0.2, 0.25) is 0 Å². The lowest BCUT2D eigenvalue weighted by Gasteiger charge is -1.98. The van der Waals surface area contributed by atoms with Crippen LogP contribution in [0.5, 0.6) is 0 Å². The maximum absolute atomic E-state index is 4.26. The van der Waals surface area contributed by atoms with Crippen molar-refractivity contribution >= 4 is 5.57 Å². The number of para-hydroxylation sites is 1. The number of hydrogen-bond donors (Lipinski definition) is 0. The van der Waals surface area contributed by atoms with Gasteiger partial charge in [0, 0.05) is 11.8 Å². The predicted molar refractivity (Wildman–Crippen MR) is 58.3 cm³/mol. The Morgan fingerprint density at radius 2 is 2.00 bits per heavy atom. The third-order valence-corrected chi connectivity index (χ3v) is 2.10. The molecule has 0 bridgehead atoms. The van der Waals surface area contributed by atoms with Crippen molar-refractivity contribution in [2.75, 3.05) is 0 Å². The number of allylic oxidation sites excluding steroid dienone is 1. The Morgan fingerprint density at radius 1 is 1.29 bits per heavy atom. The van der Waals surface area contributed by atoms with E-state index >= 15 is 0 Å². The van der Waals surface area contributed by atoms with Crippen LogP contribution in [0.4, 0.5) is 0 Å². The molecule has 0 atom stereocenters. The van der Waals surface area contributed by atoms with Gasteiger partial charge in [0.05, 0.1) is 11.9 Å². The highest BCUT2D eigenvalue weighted by Gasteiger charge is 1.99. The number of aromatic nitrogens is 2. The zero-order valence-corrected chi connectivity index (χ0v) is 8.14. The van der Waals surface area contributed by atoms with Gasteiger partial charge in [-0.15, -0.1) is 0 Å². The molecule has 0 saturated carbocycles. The average Bonchev–Trinajstić information content (AvgIpc) is 2.68. The average molecular weight is 184 g/mol. The van der Waals surface area contributed by atoms with Gasteiger partial charge in [-0.25, -0.2) is 4.68 Å². The van der Waals surface area contributed by atoms with Gasteiger partial charge in [0.15, 0.2) is 0 Å². The van der Waals surface area contributed by atoms with E-state index in [1.165, 1.54) is 0 Å². The number of nitrogens with zero attached hydrogens (tertiary/aromatic N) is 2. The van der Waals surface area contributed by atoms with Crippen LogP contribution in [-0.2, 0) is 0 Å². The zero-order valence-electron chi connectivity index (χ0n) is 8.14. The number of benzene rings is 1. The van der Waals surface area contributed by atoms with Crippen LogP contribution in [0.15, 0.2) is 49.3 Å². The molecule has 70 valence electrons. The largest absolute Gasteiger partial charge is 0.240 e. The molecular weight excluding hydrogens is 172 g/mol. The second-order valence-electron chi connectivity index (χ2n) is 3.29. The maximum atomic E-state index is 4.26. The molecule has 0 aliphatic carbocycles. The Bertz CT molecular complexity index is 440. The van der Waals surface area contributed by atoms with Crippen molar-refractivity contribution in [1.29, 1.82) is 0 Å². The van der Waals surface area contributed by atoms with Crippen LogP contribution < -0.4 is 0 Å². The summed E-state index contributed by atoms with van der Waals surface area (Å²) in [6.07, 6.45) is 3.81. The molecule has 0 N–H and O–H groups in total. The lowest BCUT2D eigenvalue weighted by molar-refractivity contribution is 0.880. The Hall–Kier alpha value is -1.83. The van der Waals surface area contributed by atoms with Gasteiger partial charge in [-0.1, -0.05) is 24.8 Å². The van der Waals surface area contributed by atoms with Gasteiger partial charge >= 0.3 is 0 Å². The minimum Gasteiger partial charge on any atom is -0.240 e. The van der Waals surface area contributed by atoms with Crippen LogP contribution in [0.1, 0.15) is 12.5 Å². The third-order valence-electron chi connectivity index (χ3n) is 2.10. The lowest BCUT2D eigenvalue weighted by atomic mass is 10.2. The van der Waals surface area contributed by atoms with E-state index in [-0.39, 0.29) is 0 Å². The first-order chi connectivity index (χ1) is 6.77. The molecular formula is C12H12N2. The normalized spacial score (nSPS) is 10.1. The SMILES string of the molecule is C=C(C)c1cnn(-c2ccccc2)c1. The molecule has 2 aromatic rings. The van der Waals surface area contributed by atoms with E-state index in [0.29, 0.717) is 0 Å². The van der Waals surface area contributed by atoms with Crippen LogP contribution in [0.3, 0.4) is 0 Å². The van der Waals surface area contributed by atoms with Crippen molar-refractivity contribution < 1.29 is 0 Å². The van der Waals surface area contributed by atoms with Crippen molar-refractivity contribution in [3.8, 4) is 5.69 Å². The van der Waals surface area contributed by atoms with Gasteiger partial charge in [0.1, 0.15) is 0 Å². The zero-order chi connectivity index (χ0) is 9.97. The summed E-state index contributed by atoms with van der Waals surface area (Å²) in [6, 6.07) is 10.0. The molecule has 1 aromatic heterocycles. The van der Waals surface area contributed by atoms with E-state index in [2.05, 4.69) is 11.7 Å². The van der Waals surface area contributed by atoms with E-state index in [0.717, 1.165) is 16.8 Å². The molecule has 0 unspecified atom stereocenters. The molecule has 0 amide bonds. The topological polar surface area (TPSA) is 17.8 Å². The van der Waals surface area contributed by atoms with Gasteiger partial charge in [0.25, 0.3) is 0 Å². The highest BCUT2D eigenvalue weighted by atomic mass is 15.3. The van der Waals surface area contributed by atoms with E-state index in [1.807, 2.05) is 54.3 Å². The molecule has 0 aliphatic heterocycles. The third kappa shape index (κ3) is 1.59. The summed E-state index contributed by atoms with van der Waals surface area (Å²) in [5.74, 6) is 0. The van der Waals surface area contributed by atoms with Crippen molar-refractivity contribution in [2.45, 2.75) is 6.92 Å². The summed E-state index contributed by atoms with van der Waals surface area (Å²) >= 11 is 0. The highest BCUT2D eigenvalue weighted by Crippen LogP contribution is 2.12. The molecule has 0 aliphatic rings.